The van der Waals surface area contributed by atoms with Gasteiger partial charge in [-0.25, -0.2) is 0 Å². The van der Waals surface area contributed by atoms with E-state index in [2.05, 4.69) is 41.1 Å². The second-order valence-corrected chi connectivity index (χ2v) is 8.86. The maximum atomic E-state index is 13.0. The van der Waals surface area contributed by atoms with Crippen LogP contribution in [0.2, 0.25) is 0 Å². The number of carbonyl (C=O) groups excluding carboxylic acids is 1. The summed E-state index contributed by atoms with van der Waals surface area (Å²) in [6.45, 7) is 11.2. The third-order valence-corrected chi connectivity index (χ3v) is 6.08. The molecule has 0 radical (unpaired) electrons. The average molecular weight is 460 g/mol. The van der Waals surface area contributed by atoms with Crippen LogP contribution in [-0.4, -0.2) is 62.1 Å². The Morgan fingerprint density at radius 2 is 1.90 bits per heavy atom. The highest BCUT2D eigenvalue weighted by molar-refractivity contribution is 5.85. The first-order valence-corrected chi connectivity index (χ1v) is 10.9. The smallest absolute Gasteiger partial charge is 0.227 e. The minimum Gasteiger partial charge on any atom is -0.496 e. The Morgan fingerprint density at radius 1 is 1.20 bits per heavy atom. The zero-order valence-electron chi connectivity index (χ0n) is 18.6. The predicted octanol–water partition coefficient (Wildman–Crippen LogP) is 3.84. The highest BCUT2D eigenvalue weighted by Crippen LogP contribution is 2.25. The molecule has 7 heteroatoms. The van der Waals surface area contributed by atoms with Crippen molar-refractivity contribution in [3.05, 3.63) is 29.8 Å². The standard InChI is InChI=1S/C23H37N3O2.2ClH/c1-18(2)15-26(23(27)20-8-11-24-14-20)16-19-9-12-25(13-10-19)17-21-6-4-5-7-22(21)28-3;;/h4-7,18-20,24H,8-17H2,1-3H3;2*1H. The van der Waals surface area contributed by atoms with Gasteiger partial charge < -0.3 is 15.0 Å². The third kappa shape index (κ3) is 7.60. The zero-order chi connectivity index (χ0) is 19.9. The molecule has 1 aromatic carbocycles. The molecule has 1 unspecified atom stereocenters. The summed E-state index contributed by atoms with van der Waals surface area (Å²) in [7, 11) is 1.74. The van der Waals surface area contributed by atoms with Gasteiger partial charge >= 0.3 is 0 Å². The lowest BCUT2D eigenvalue weighted by atomic mass is 9.94. The molecule has 0 aliphatic carbocycles. The van der Waals surface area contributed by atoms with Crippen LogP contribution in [0.15, 0.2) is 24.3 Å². The van der Waals surface area contributed by atoms with Crippen molar-refractivity contribution in [2.24, 2.45) is 17.8 Å². The van der Waals surface area contributed by atoms with E-state index in [0.29, 0.717) is 17.7 Å². The van der Waals surface area contributed by atoms with E-state index in [-0.39, 0.29) is 30.7 Å². The summed E-state index contributed by atoms with van der Waals surface area (Å²) in [6.07, 6.45) is 3.32. The number of piperidine rings is 1. The zero-order valence-corrected chi connectivity index (χ0v) is 20.3. The van der Waals surface area contributed by atoms with Gasteiger partial charge in [0.1, 0.15) is 5.75 Å². The summed E-state index contributed by atoms with van der Waals surface area (Å²) in [5.41, 5.74) is 1.26. The summed E-state index contributed by atoms with van der Waals surface area (Å²) in [6, 6.07) is 8.30. The molecule has 2 aliphatic rings. The summed E-state index contributed by atoms with van der Waals surface area (Å²) in [5.74, 6) is 2.66. The van der Waals surface area contributed by atoms with Crippen LogP contribution in [0.5, 0.6) is 5.75 Å². The van der Waals surface area contributed by atoms with E-state index >= 15 is 0 Å². The molecular formula is C23H39Cl2N3O2. The number of nitrogens with one attached hydrogen (secondary N) is 1. The number of carbonyl (C=O) groups is 1. The Bertz CT molecular complexity index is 631. The van der Waals surface area contributed by atoms with E-state index in [1.165, 1.54) is 18.4 Å². The molecule has 1 N–H and O–H groups in total. The Morgan fingerprint density at radius 3 is 2.50 bits per heavy atom. The van der Waals surface area contributed by atoms with Gasteiger partial charge in [-0.15, -0.1) is 24.8 Å². The molecule has 0 saturated carbocycles. The second-order valence-electron chi connectivity index (χ2n) is 8.86. The van der Waals surface area contributed by atoms with Crippen LogP contribution >= 0.6 is 24.8 Å². The number of halogens is 2. The fraction of sp³-hybridized carbons (Fsp3) is 0.696. The van der Waals surface area contributed by atoms with E-state index in [1.54, 1.807) is 7.11 Å². The predicted molar refractivity (Wildman–Crippen MR) is 128 cm³/mol. The number of para-hydroxylation sites is 1. The van der Waals surface area contributed by atoms with E-state index < -0.39 is 0 Å². The Kier molecular flexibility index (Phi) is 12.1. The molecule has 2 fully saturated rings. The first kappa shape index (κ1) is 27.0. The Balaban J connectivity index is 0.00000225. The third-order valence-electron chi connectivity index (χ3n) is 6.08. The van der Waals surface area contributed by atoms with Gasteiger partial charge in [0.25, 0.3) is 0 Å². The number of benzene rings is 1. The van der Waals surface area contributed by atoms with Gasteiger partial charge in [0.15, 0.2) is 0 Å². The van der Waals surface area contributed by atoms with E-state index in [1.807, 2.05) is 12.1 Å². The Labute approximate surface area is 194 Å². The van der Waals surface area contributed by atoms with Gasteiger partial charge in [-0.05, 0) is 56.8 Å². The van der Waals surface area contributed by atoms with Gasteiger partial charge in [-0.1, -0.05) is 32.0 Å². The van der Waals surface area contributed by atoms with Gasteiger partial charge in [0.2, 0.25) is 5.91 Å². The molecule has 2 aliphatic heterocycles. The minimum absolute atomic E-state index is 0. The molecule has 2 saturated heterocycles. The van der Waals surface area contributed by atoms with Gasteiger partial charge in [-0.3, -0.25) is 9.69 Å². The SMILES string of the molecule is COc1ccccc1CN1CCC(CN(CC(C)C)C(=O)C2CCNC2)CC1.Cl.Cl. The highest BCUT2D eigenvalue weighted by atomic mass is 35.5. The molecule has 0 bridgehead atoms. The molecular weight excluding hydrogens is 421 g/mol. The van der Waals surface area contributed by atoms with Crippen LogP contribution < -0.4 is 10.1 Å². The van der Waals surface area contributed by atoms with Crippen molar-refractivity contribution in [1.82, 2.24) is 15.1 Å². The number of ether oxygens (including phenoxy) is 1. The first-order valence-electron chi connectivity index (χ1n) is 10.9. The first-order chi connectivity index (χ1) is 13.6. The molecule has 3 rings (SSSR count). The number of hydrogen-bond donors (Lipinski definition) is 1. The molecule has 5 nitrogen and oxygen atoms in total. The lowest BCUT2D eigenvalue weighted by Crippen LogP contribution is -2.44. The van der Waals surface area contributed by atoms with Crippen molar-refractivity contribution in [2.75, 3.05) is 46.4 Å². The van der Waals surface area contributed by atoms with Crippen LogP contribution in [0.25, 0.3) is 0 Å². The number of hydrogen-bond acceptors (Lipinski definition) is 4. The molecule has 1 atom stereocenters. The van der Waals surface area contributed by atoms with Crippen LogP contribution in [0.3, 0.4) is 0 Å². The lowest BCUT2D eigenvalue weighted by Gasteiger charge is -2.36. The average Bonchev–Trinajstić information content (AvgIpc) is 3.23. The maximum absolute atomic E-state index is 13.0. The number of amides is 1. The summed E-state index contributed by atoms with van der Waals surface area (Å²) < 4.78 is 5.50. The normalized spacial score (nSPS) is 19.8. The van der Waals surface area contributed by atoms with Crippen molar-refractivity contribution in [3.8, 4) is 5.75 Å². The van der Waals surface area contributed by atoms with Crippen molar-refractivity contribution in [2.45, 2.75) is 39.7 Å². The summed E-state index contributed by atoms with van der Waals surface area (Å²) >= 11 is 0. The van der Waals surface area contributed by atoms with Crippen LogP contribution in [0.1, 0.15) is 38.7 Å². The van der Waals surface area contributed by atoms with Crippen molar-refractivity contribution in [3.63, 3.8) is 0 Å². The number of nitrogens with zero attached hydrogens (tertiary/aromatic N) is 2. The molecule has 0 aromatic heterocycles. The molecule has 2 heterocycles. The molecule has 30 heavy (non-hydrogen) atoms. The van der Waals surface area contributed by atoms with Crippen molar-refractivity contribution < 1.29 is 9.53 Å². The highest BCUT2D eigenvalue weighted by Gasteiger charge is 2.30. The van der Waals surface area contributed by atoms with Gasteiger partial charge in [0, 0.05) is 31.7 Å². The monoisotopic (exact) mass is 459 g/mol. The second kappa shape index (κ2) is 13.4. The topological polar surface area (TPSA) is 44.8 Å². The summed E-state index contributed by atoms with van der Waals surface area (Å²) in [4.78, 5) is 17.7. The van der Waals surface area contributed by atoms with E-state index in [4.69, 9.17) is 4.74 Å². The largest absolute Gasteiger partial charge is 0.496 e. The maximum Gasteiger partial charge on any atom is 0.227 e. The Hall–Kier alpha value is -1.01. The molecule has 172 valence electrons. The number of rotatable bonds is 8. The van der Waals surface area contributed by atoms with Gasteiger partial charge in [-0.2, -0.15) is 0 Å². The molecule has 1 aromatic rings. The molecule has 0 spiro atoms. The lowest BCUT2D eigenvalue weighted by molar-refractivity contribution is -0.136. The van der Waals surface area contributed by atoms with E-state index in [9.17, 15) is 4.79 Å². The van der Waals surface area contributed by atoms with Crippen LogP contribution in [-0.2, 0) is 11.3 Å². The van der Waals surface area contributed by atoms with E-state index in [0.717, 1.165) is 58.0 Å². The fourth-order valence-electron chi connectivity index (χ4n) is 4.53. The van der Waals surface area contributed by atoms with Crippen LogP contribution in [0.4, 0.5) is 0 Å². The quantitative estimate of drug-likeness (QED) is 0.640. The fourth-order valence-corrected chi connectivity index (χ4v) is 4.53. The van der Waals surface area contributed by atoms with Crippen molar-refractivity contribution >= 4 is 30.7 Å². The van der Waals surface area contributed by atoms with Crippen molar-refractivity contribution in [1.29, 1.82) is 0 Å². The van der Waals surface area contributed by atoms with Crippen LogP contribution in [0, 0.1) is 17.8 Å². The summed E-state index contributed by atoms with van der Waals surface area (Å²) in [5, 5.41) is 3.34. The van der Waals surface area contributed by atoms with Gasteiger partial charge in [0.05, 0.1) is 13.0 Å². The number of methoxy groups -OCH3 is 1. The minimum atomic E-state index is 0. The molecule has 1 amide bonds. The number of likely N-dealkylation sites (tertiary alicyclic amines) is 1.